The first kappa shape index (κ1) is 17.5. The van der Waals surface area contributed by atoms with E-state index in [9.17, 15) is 9.59 Å². The van der Waals surface area contributed by atoms with Crippen molar-refractivity contribution in [1.29, 1.82) is 0 Å². The van der Waals surface area contributed by atoms with Crippen LogP contribution < -0.4 is 5.32 Å². The fourth-order valence-corrected chi connectivity index (χ4v) is 4.71. The van der Waals surface area contributed by atoms with E-state index in [4.69, 9.17) is 4.74 Å². The summed E-state index contributed by atoms with van der Waals surface area (Å²) in [5, 5.41) is 3.70. The SMILES string of the molecule is CCOC(=O)c1c(NC(=O)C2CC2)sc2c1CCC(C(C)(C)C)C2. The number of esters is 1. The minimum atomic E-state index is -0.296. The summed E-state index contributed by atoms with van der Waals surface area (Å²) in [7, 11) is 0. The maximum Gasteiger partial charge on any atom is 0.341 e. The molecule has 1 heterocycles. The number of fused-ring (bicyclic) bond motifs is 1. The highest BCUT2D eigenvalue weighted by Gasteiger charge is 2.36. The van der Waals surface area contributed by atoms with E-state index in [0.717, 1.165) is 37.7 Å². The zero-order chi connectivity index (χ0) is 17.5. The number of nitrogens with one attached hydrogen (secondary N) is 1. The fraction of sp³-hybridized carbons (Fsp3) is 0.684. The summed E-state index contributed by atoms with van der Waals surface area (Å²) in [6.07, 6.45) is 4.86. The summed E-state index contributed by atoms with van der Waals surface area (Å²) in [6, 6.07) is 0. The largest absolute Gasteiger partial charge is 0.462 e. The highest BCUT2D eigenvalue weighted by molar-refractivity contribution is 7.17. The monoisotopic (exact) mass is 349 g/mol. The summed E-state index contributed by atoms with van der Waals surface area (Å²) in [4.78, 5) is 25.9. The van der Waals surface area contributed by atoms with Gasteiger partial charge < -0.3 is 10.1 Å². The molecule has 1 N–H and O–H groups in total. The highest BCUT2D eigenvalue weighted by atomic mass is 32.1. The number of thiophene rings is 1. The molecule has 1 saturated carbocycles. The Bertz CT molecular complexity index is 652. The van der Waals surface area contributed by atoms with Crippen molar-refractivity contribution in [2.75, 3.05) is 11.9 Å². The molecule has 0 saturated heterocycles. The average molecular weight is 349 g/mol. The Labute approximate surface area is 148 Å². The molecule has 2 aliphatic carbocycles. The van der Waals surface area contributed by atoms with Crippen molar-refractivity contribution in [1.82, 2.24) is 0 Å². The third kappa shape index (κ3) is 3.51. The fourth-order valence-electron chi connectivity index (χ4n) is 3.39. The lowest BCUT2D eigenvalue weighted by Crippen LogP contribution is -2.26. The summed E-state index contributed by atoms with van der Waals surface area (Å²) in [6.45, 7) is 8.99. The number of rotatable bonds is 4. The lowest BCUT2D eigenvalue weighted by atomic mass is 9.72. The van der Waals surface area contributed by atoms with E-state index < -0.39 is 0 Å². The smallest absolute Gasteiger partial charge is 0.341 e. The summed E-state index contributed by atoms with van der Waals surface area (Å²) in [5.41, 5.74) is 1.96. The van der Waals surface area contributed by atoms with E-state index in [1.54, 1.807) is 11.3 Å². The first-order chi connectivity index (χ1) is 11.3. The van der Waals surface area contributed by atoms with E-state index in [2.05, 4.69) is 26.1 Å². The first-order valence-corrected chi connectivity index (χ1v) is 9.75. The van der Waals surface area contributed by atoms with E-state index in [-0.39, 0.29) is 23.2 Å². The standard InChI is InChI=1S/C19H27NO3S/c1-5-23-18(22)15-13-9-8-12(19(2,3)4)10-14(13)24-17(15)20-16(21)11-6-7-11/h11-12H,5-10H2,1-4H3,(H,20,21). The van der Waals surface area contributed by atoms with Crippen LogP contribution in [0.5, 0.6) is 0 Å². The highest BCUT2D eigenvalue weighted by Crippen LogP contribution is 2.45. The molecule has 0 aliphatic heterocycles. The van der Waals surface area contributed by atoms with Crippen molar-refractivity contribution >= 4 is 28.2 Å². The van der Waals surface area contributed by atoms with Crippen molar-refractivity contribution in [2.45, 2.75) is 59.8 Å². The molecule has 0 spiro atoms. The molecule has 3 rings (SSSR count). The van der Waals surface area contributed by atoms with Crippen LogP contribution in [0.4, 0.5) is 5.00 Å². The van der Waals surface area contributed by atoms with Crippen molar-refractivity contribution in [3.8, 4) is 0 Å². The number of hydrogen-bond acceptors (Lipinski definition) is 4. The van der Waals surface area contributed by atoms with Gasteiger partial charge in [0.25, 0.3) is 0 Å². The minimum absolute atomic E-state index is 0.0477. The van der Waals surface area contributed by atoms with Gasteiger partial charge in [-0.15, -0.1) is 11.3 Å². The lowest BCUT2D eigenvalue weighted by Gasteiger charge is -2.33. The minimum Gasteiger partial charge on any atom is -0.462 e. The topological polar surface area (TPSA) is 55.4 Å². The third-order valence-electron chi connectivity index (χ3n) is 5.15. The average Bonchev–Trinajstić information content (AvgIpc) is 3.28. The van der Waals surface area contributed by atoms with Gasteiger partial charge in [-0.2, -0.15) is 0 Å². The molecule has 0 aromatic carbocycles. The zero-order valence-corrected chi connectivity index (χ0v) is 15.8. The number of ether oxygens (including phenoxy) is 1. The molecule has 1 amide bonds. The Hall–Kier alpha value is -1.36. The molecule has 4 nitrogen and oxygen atoms in total. The molecule has 0 bridgehead atoms. The molecule has 1 aromatic rings. The molecular formula is C19H27NO3S. The van der Waals surface area contributed by atoms with Gasteiger partial charge in [-0.05, 0) is 55.9 Å². The summed E-state index contributed by atoms with van der Waals surface area (Å²) >= 11 is 1.58. The second-order valence-electron chi connectivity index (χ2n) is 8.00. The van der Waals surface area contributed by atoms with Gasteiger partial charge in [0.15, 0.2) is 0 Å². The predicted molar refractivity (Wildman–Crippen MR) is 96.6 cm³/mol. The van der Waals surface area contributed by atoms with Crippen LogP contribution in [-0.2, 0) is 22.4 Å². The van der Waals surface area contributed by atoms with E-state index in [1.807, 2.05) is 6.92 Å². The Kier molecular flexibility index (Phi) is 4.73. The zero-order valence-electron chi connectivity index (χ0n) is 15.0. The van der Waals surface area contributed by atoms with E-state index in [0.29, 0.717) is 23.1 Å². The van der Waals surface area contributed by atoms with Gasteiger partial charge in [0.1, 0.15) is 5.00 Å². The third-order valence-corrected chi connectivity index (χ3v) is 6.32. The molecule has 24 heavy (non-hydrogen) atoms. The number of amides is 1. The molecular weight excluding hydrogens is 322 g/mol. The van der Waals surface area contributed by atoms with E-state index in [1.165, 1.54) is 4.88 Å². The normalized spacial score (nSPS) is 20.4. The van der Waals surface area contributed by atoms with Crippen LogP contribution in [0.1, 0.15) is 67.8 Å². The maximum absolute atomic E-state index is 12.5. The van der Waals surface area contributed by atoms with Gasteiger partial charge in [-0.3, -0.25) is 4.79 Å². The Morgan fingerprint density at radius 1 is 1.25 bits per heavy atom. The first-order valence-electron chi connectivity index (χ1n) is 8.93. The quantitative estimate of drug-likeness (QED) is 0.819. The van der Waals surface area contributed by atoms with Crippen LogP contribution in [0, 0.1) is 17.3 Å². The van der Waals surface area contributed by atoms with Crippen LogP contribution in [0.25, 0.3) is 0 Å². The molecule has 1 atom stereocenters. The predicted octanol–water partition coefficient (Wildman–Crippen LogP) is 4.42. The number of carbonyl (C=O) groups excluding carboxylic acids is 2. The maximum atomic E-state index is 12.5. The van der Waals surface area contributed by atoms with Crippen molar-refractivity contribution in [3.63, 3.8) is 0 Å². The Morgan fingerprint density at radius 2 is 1.96 bits per heavy atom. The van der Waals surface area contributed by atoms with Gasteiger partial charge in [-0.25, -0.2) is 4.79 Å². The van der Waals surface area contributed by atoms with Crippen LogP contribution in [0.3, 0.4) is 0 Å². The number of carbonyl (C=O) groups is 2. The molecule has 1 aromatic heterocycles. The molecule has 0 radical (unpaired) electrons. The van der Waals surface area contributed by atoms with Crippen LogP contribution in [0.15, 0.2) is 0 Å². The van der Waals surface area contributed by atoms with Crippen molar-refractivity contribution in [2.24, 2.45) is 17.3 Å². The second-order valence-corrected chi connectivity index (χ2v) is 9.10. The molecule has 132 valence electrons. The van der Waals surface area contributed by atoms with Gasteiger partial charge in [0, 0.05) is 10.8 Å². The van der Waals surface area contributed by atoms with Crippen LogP contribution in [-0.4, -0.2) is 18.5 Å². The Morgan fingerprint density at radius 3 is 2.54 bits per heavy atom. The van der Waals surface area contributed by atoms with Gasteiger partial charge in [0.2, 0.25) is 5.91 Å². The summed E-state index contributed by atoms with van der Waals surface area (Å²) < 4.78 is 5.26. The molecule has 1 fully saturated rings. The number of anilines is 1. The Balaban J connectivity index is 1.91. The molecule has 5 heteroatoms. The van der Waals surface area contributed by atoms with Gasteiger partial charge in [-0.1, -0.05) is 20.8 Å². The van der Waals surface area contributed by atoms with Crippen molar-refractivity contribution in [3.05, 3.63) is 16.0 Å². The van der Waals surface area contributed by atoms with Gasteiger partial charge in [0.05, 0.1) is 12.2 Å². The number of hydrogen-bond donors (Lipinski definition) is 1. The second kappa shape index (κ2) is 6.51. The summed E-state index contributed by atoms with van der Waals surface area (Å²) in [5.74, 6) is 0.481. The molecule has 1 unspecified atom stereocenters. The van der Waals surface area contributed by atoms with Crippen LogP contribution in [0.2, 0.25) is 0 Å². The van der Waals surface area contributed by atoms with Crippen LogP contribution >= 0.6 is 11.3 Å². The molecule has 2 aliphatic rings. The lowest BCUT2D eigenvalue weighted by molar-refractivity contribution is -0.117. The van der Waals surface area contributed by atoms with E-state index >= 15 is 0 Å². The van der Waals surface area contributed by atoms with Crippen molar-refractivity contribution < 1.29 is 14.3 Å². The van der Waals surface area contributed by atoms with Gasteiger partial charge >= 0.3 is 5.97 Å².